The molecule has 0 aromatic heterocycles. The van der Waals surface area contributed by atoms with E-state index in [9.17, 15) is 4.79 Å². The summed E-state index contributed by atoms with van der Waals surface area (Å²) >= 11 is 0. The monoisotopic (exact) mass is 350 g/mol. The van der Waals surface area contributed by atoms with Crippen molar-refractivity contribution in [2.24, 2.45) is 5.92 Å². The molecule has 2 saturated heterocycles. The van der Waals surface area contributed by atoms with E-state index < -0.39 is 0 Å². The first-order valence-electron chi connectivity index (χ1n) is 10.5. The number of hydrogen-bond donors (Lipinski definition) is 0. The maximum absolute atomic E-state index is 12.5. The first kappa shape index (κ1) is 17.8. The largest absolute Gasteiger partial charge is 0.459 e. The van der Waals surface area contributed by atoms with Crippen molar-refractivity contribution in [1.82, 2.24) is 0 Å². The van der Waals surface area contributed by atoms with Crippen LogP contribution in [0.25, 0.3) is 0 Å². The highest BCUT2D eigenvalue weighted by Gasteiger charge is 2.81. The lowest BCUT2D eigenvalue weighted by atomic mass is 9.69. The zero-order valence-corrected chi connectivity index (χ0v) is 16.1. The molecule has 2 aliphatic carbocycles. The number of hydrogen-bond acceptors (Lipinski definition) is 4. The molecule has 2 heterocycles. The fourth-order valence-corrected chi connectivity index (χ4v) is 5.46. The van der Waals surface area contributed by atoms with Gasteiger partial charge in [0.25, 0.3) is 0 Å². The van der Waals surface area contributed by atoms with E-state index >= 15 is 0 Å². The average Bonchev–Trinajstić information content (AvgIpc) is 3.47. The number of fused-ring (bicyclic) bond motifs is 3. The highest BCUT2D eigenvalue weighted by molar-refractivity contribution is 5.72. The average molecular weight is 350 g/mol. The van der Waals surface area contributed by atoms with Crippen LogP contribution < -0.4 is 0 Å². The summed E-state index contributed by atoms with van der Waals surface area (Å²) in [6.45, 7) is 6.29. The first-order chi connectivity index (χ1) is 11.9. The second-order valence-electron chi connectivity index (χ2n) is 9.21. The van der Waals surface area contributed by atoms with Crippen LogP contribution in [0, 0.1) is 5.92 Å². The third-order valence-electron chi connectivity index (χ3n) is 7.24. The number of unbranched alkanes of at least 4 members (excludes halogenated alkanes) is 2. The maximum atomic E-state index is 12.5. The number of carbonyl (C=O) groups excluding carboxylic acids is 1. The quantitative estimate of drug-likeness (QED) is 0.384. The molecule has 0 spiro atoms. The summed E-state index contributed by atoms with van der Waals surface area (Å²) in [5.74, 6) is -0.0219. The summed E-state index contributed by atoms with van der Waals surface area (Å²) in [4.78, 5) is 12.5. The first-order valence-corrected chi connectivity index (χ1v) is 10.5. The van der Waals surface area contributed by atoms with Crippen molar-refractivity contribution >= 4 is 5.97 Å². The number of esters is 1. The minimum Gasteiger partial charge on any atom is -0.459 e. The molecule has 4 nitrogen and oxygen atoms in total. The highest BCUT2D eigenvalue weighted by atomic mass is 16.7. The van der Waals surface area contributed by atoms with Crippen molar-refractivity contribution in [1.29, 1.82) is 0 Å². The molecule has 2 aliphatic heterocycles. The molecule has 0 amide bonds. The Morgan fingerprint density at radius 3 is 2.60 bits per heavy atom. The van der Waals surface area contributed by atoms with Crippen molar-refractivity contribution < 1.29 is 19.0 Å². The Labute approximate surface area is 152 Å². The molecule has 0 N–H and O–H groups in total. The van der Waals surface area contributed by atoms with Crippen LogP contribution in [-0.2, 0) is 19.0 Å². The van der Waals surface area contributed by atoms with E-state index in [1.807, 2.05) is 6.92 Å². The summed E-state index contributed by atoms with van der Waals surface area (Å²) in [6.07, 6.45) is 12.7. The molecule has 6 unspecified atom stereocenters. The lowest BCUT2D eigenvalue weighted by Crippen LogP contribution is -2.48. The molecule has 4 fully saturated rings. The smallest absolute Gasteiger partial charge is 0.309 e. The molecule has 0 aromatic rings. The van der Waals surface area contributed by atoms with Crippen LogP contribution in [0.2, 0.25) is 0 Å². The Morgan fingerprint density at radius 1 is 1.12 bits per heavy atom. The molecule has 0 aromatic carbocycles. The summed E-state index contributed by atoms with van der Waals surface area (Å²) in [5, 5.41) is 0. The van der Waals surface area contributed by atoms with Crippen molar-refractivity contribution in [3.05, 3.63) is 0 Å². The van der Waals surface area contributed by atoms with Crippen LogP contribution in [0.3, 0.4) is 0 Å². The van der Waals surface area contributed by atoms with Gasteiger partial charge in [-0.1, -0.05) is 46.0 Å². The Hall–Kier alpha value is -0.610. The molecule has 6 atom stereocenters. The summed E-state index contributed by atoms with van der Waals surface area (Å²) in [7, 11) is 0. The fourth-order valence-electron chi connectivity index (χ4n) is 5.46. The maximum Gasteiger partial charge on any atom is 0.309 e. The summed E-state index contributed by atoms with van der Waals surface area (Å²) in [5.41, 5.74) is -0.415. The normalized spacial score (nSPS) is 45.9. The van der Waals surface area contributed by atoms with Crippen molar-refractivity contribution in [2.75, 3.05) is 0 Å². The van der Waals surface area contributed by atoms with E-state index in [0.717, 1.165) is 38.5 Å². The number of epoxide rings is 2. The topological polar surface area (TPSA) is 51.4 Å². The van der Waals surface area contributed by atoms with Gasteiger partial charge in [0.05, 0.1) is 18.1 Å². The van der Waals surface area contributed by atoms with E-state index in [2.05, 4.69) is 13.8 Å². The molecular weight excluding hydrogens is 316 g/mol. The molecule has 0 radical (unpaired) electrons. The van der Waals surface area contributed by atoms with Crippen molar-refractivity contribution in [3.8, 4) is 0 Å². The lowest BCUT2D eigenvalue weighted by Gasteiger charge is -2.37. The fraction of sp³-hybridized carbons (Fsp3) is 0.952. The van der Waals surface area contributed by atoms with Gasteiger partial charge in [0, 0.05) is 6.42 Å². The van der Waals surface area contributed by atoms with Crippen LogP contribution in [-0.4, -0.2) is 35.0 Å². The minimum absolute atomic E-state index is 0.00302. The predicted octanol–water partition coefficient (Wildman–Crippen LogP) is 4.54. The van der Waals surface area contributed by atoms with E-state index in [-0.39, 0.29) is 34.8 Å². The third-order valence-corrected chi connectivity index (χ3v) is 7.24. The second-order valence-corrected chi connectivity index (χ2v) is 9.21. The van der Waals surface area contributed by atoms with E-state index in [4.69, 9.17) is 14.2 Å². The van der Waals surface area contributed by atoms with Gasteiger partial charge in [0.15, 0.2) is 0 Å². The van der Waals surface area contributed by atoms with Crippen molar-refractivity contribution in [3.63, 3.8) is 0 Å². The van der Waals surface area contributed by atoms with Gasteiger partial charge in [0.1, 0.15) is 16.8 Å². The van der Waals surface area contributed by atoms with Crippen molar-refractivity contribution in [2.45, 2.75) is 120 Å². The van der Waals surface area contributed by atoms with Gasteiger partial charge in [-0.15, -0.1) is 0 Å². The molecule has 4 rings (SSSR count). The molecular formula is C21H34O4. The van der Waals surface area contributed by atoms with Crippen LogP contribution in [0.5, 0.6) is 0 Å². The van der Waals surface area contributed by atoms with Crippen LogP contribution in [0.4, 0.5) is 0 Å². The van der Waals surface area contributed by atoms with Gasteiger partial charge in [-0.3, -0.25) is 4.79 Å². The van der Waals surface area contributed by atoms with Gasteiger partial charge in [-0.25, -0.2) is 0 Å². The zero-order valence-electron chi connectivity index (χ0n) is 16.1. The van der Waals surface area contributed by atoms with Gasteiger partial charge in [-0.05, 0) is 39.0 Å². The molecule has 0 bridgehead atoms. The zero-order chi connectivity index (χ0) is 17.7. The predicted molar refractivity (Wildman–Crippen MR) is 95.3 cm³/mol. The van der Waals surface area contributed by atoms with Gasteiger partial charge in [0.2, 0.25) is 0 Å². The lowest BCUT2D eigenvalue weighted by molar-refractivity contribution is -0.166. The van der Waals surface area contributed by atoms with E-state index in [1.54, 1.807) is 0 Å². The van der Waals surface area contributed by atoms with Gasteiger partial charge in [-0.2, -0.15) is 0 Å². The van der Waals surface area contributed by atoms with E-state index in [1.165, 1.54) is 32.1 Å². The minimum atomic E-state index is -0.365. The van der Waals surface area contributed by atoms with Gasteiger partial charge < -0.3 is 14.2 Å². The third kappa shape index (κ3) is 2.93. The highest BCUT2D eigenvalue weighted by Crippen LogP contribution is 2.68. The molecule has 25 heavy (non-hydrogen) atoms. The Kier molecular flexibility index (Phi) is 4.43. The number of rotatable bonds is 7. The molecule has 4 heteroatoms. The molecule has 4 aliphatic rings. The van der Waals surface area contributed by atoms with Crippen LogP contribution in [0.15, 0.2) is 0 Å². The van der Waals surface area contributed by atoms with E-state index in [0.29, 0.717) is 6.10 Å². The molecule has 2 saturated carbocycles. The Balaban J connectivity index is 1.32. The molecule has 142 valence electrons. The SMILES string of the molecule is CCCCCC(C)C(=O)OC1(C)CCC2(C34CCCCC3O4)OC2C1. The number of carbonyl (C=O) groups is 1. The van der Waals surface area contributed by atoms with Crippen LogP contribution in [0.1, 0.15) is 91.4 Å². The number of ether oxygens (including phenoxy) is 3. The van der Waals surface area contributed by atoms with Gasteiger partial charge >= 0.3 is 5.97 Å². The standard InChI is InChI=1S/C21H34O4/c1-4-5-6-9-15(2)18(22)25-19(3)12-13-21(17(14-19)24-21)20-11-8-7-10-16(20)23-20/h15-17H,4-14H2,1-3H3. The Bertz CT molecular complexity index is 534. The summed E-state index contributed by atoms with van der Waals surface area (Å²) < 4.78 is 18.4. The van der Waals surface area contributed by atoms with Crippen LogP contribution >= 0.6 is 0 Å². The second kappa shape index (κ2) is 6.23. The summed E-state index contributed by atoms with van der Waals surface area (Å²) in [6, 6.07) is 0. The Morgan fingerprint density at radius 2 is 1.88 bits per heavy atom.